The van der Waals surface area contributed by atoms with Crippen molar-refractivity contribution in [2.75, 3.05) is 13.2 Å². The Hall–Kier alpha value is -2.79. The largest absolute Gasteiger partial charge is 0.381 e. The van der Waals surface area contributed by atoms with E-state index in [9.17, 15) is 9.18 Å². The molecule has 6 rings (SSSR count). The summed E-state index contributed by atoms with van der Waals surface area (Å²) in [5.74, 6) is 0.665. The summed E-state index contributed by atoms with van der Waals surface area (Å²) in [5.41, 5.74) is 3.03. The highest BCUT2D eigenvalue weighted by molar-refractivity contribution is 5.84. The Morgan fingerprint density at radius 3 is 2.49 bits per heavy atom. The fraction of sp³-hybridized carbons (Fsp3) is 0.467. The number of piperidine rings is 1. The molecule has 1 aromatic heterocycles. The molecular weight excluding hydrogens is 439 g/mol. The number of ether oxygens (including phenoxy) is 1. The standard InChI is InChI=1S/C30H33FN2O2/c31-24-8-6-21(7-9-24)20-30(12-15-35-16-13-30)29(34)33-25-10-11-26(33)19-22(18-25)17-23-3-1-5-28-27(23)4-2-14-32-28/h1-9,14,22,25-26H,10-13,15-20H2. The number of hydrogen-bond donors (Lipinski definition) is 0. The monoisotopic (exact) mass is 472 g/mol. The van der Waals surface area contributed by atoms with Crippen LogP contribution in [0, 0.1) is 17.2 Å². The maximum atomic E-state index is 14.2. The summed E-state index contributed by atoms with van der Waals surface area (Å²) >= 11 is 0. The smallest absolute Gasteiger partial charge is 0.229 e. The number of halogens is 1. The van der Waals surface area contributed by atoms with Crippen molar-refractivity contribution >= 4 is 16.8 Å². The van der Waals surface area contributed by atoms with Crippen molar-refractivity contribution in [2.45, 2.75) is 63.5 Å². The third kappa shape index (κ3) is 4.35. The molecule has 0 spiro atoms. The van der Waals surface area contributed by atoms with Gasteiger partial charge in [0.1, 0.15) is 5.82 Å². The van der Waals surface area contributed by atoms with Crippen LogP contribution < -0.4 is 0 Å². The Morgan fingerprint density at radius 2 is 1.74 bits per heavy atom. The summed E-state index contributed by atoms with van der Waals surface area (Å²) in [7, 11) is 0. The number of carbonyl (C=O) groups excluding carboxylic acids is 1. The first-order valence-electron chi connectivity index (χ1n) is 13.1. The van der Waals surface area contributed by atoms with Gasteiger partial charge in [-0.25, -0.2) is 4.39 Å². The number of nitrogens with zero attached hydrogens (tertiary/aromatic N) is 2. The molecule has 1 amide bonds. The molecule has 2 unspecified atom stereocenters. The second kappa shape index (κ2) is 9.34. The zero-order chi connectivity index (χ0) is 23.8. The Balaban J connectivity index is 1.21. The van der Waals surface area contributed by atoms with E-state index < -0.39 is 5.41 Å². The van der Waals surface area contributed by atoms with Gasteiger partial charge in [0.05, 0.1) is 10.9 Å². The lowest BCUT2D eigenvalue weighted by Crippen LogP contribution is -2.55. The molecule has 2 aromatic carbocycles. The molecule has 3 saturated heterocycles. The van der Waals surface area contributed by atoms with Gasteiger partial charge < -0.3 is 9.64 Å². The van der Waals surface area contributed by atoms with E-state index >= 15 is 0 Å². The van der Waals surface area contributed by atoms with Crippen molar-refractivity contribution in [1.29, 1.82) is 0 Å². The first-order valence-corrected chi connectivity index (χ1v) is 13.1. The highest BCUT2D eigenvalue weighted by atomic mass is 19.1. The van der Waals surface area contributed by atoms with E-state index in [1.54, 1.807) is 0 Å². The molecule has 3 fully saturated rings. The Bertz CT molecular complexity index is 1190. The van der Waals surface area contributed by atoms with Crippen molar-refractivity contribution in [3.05, 3.63) is 77.7 Å². The summed E-state index contributed by atoms with van der Waals surface area (Å²) in [6, 6.07) is 18.0. The van der Waals surface area contributed by atoms with Gasteiger partial charge in [-0.1, -0.05) is 30.3 Å². The predicted molar refractivity (Wildman–Crippen MR) is 134 cm³/mol. The van der Waals surface area contributed by atoms with Gasteiger partial charge in [-0.05, 0) is 92.7 Å². The van der Waals surface area contributed by atoms with Crippen molar-refractivity contribution in [3.8, 4) is 0 Å². The Kier molecular flexibility index (Phi) is 6.05. The molecule has 35 heavy (non-hydrogen) atoms. The normalized spacial score (nSPS) is 25.6. The van der Waals surface area contributed by atoms with Crippen molar-refractivity contribution in [3.63, 3.8) is 0 Å². The van der Waals surface area contributed by atoms with Crippen LogP contribution in [-0.2, 0) is 22.4 Å². The van der Waals surface area contributed by atoms with Crippen LogP contribution >= 0.6 is 0 Å². The van der Waals surface area contributed by atoms with Gasteiger partial charge in [0.2, 0.25) is 5.91 Å². The van der Waals surface area contributed by atoms with Crippen LogP contribution in [0.1, 0.15) is 49.7 Å². The molecule has 0 aliphatic carbocycles. The number of pyridine rings is 1. The van der Waals surface area contributed by atoms with Crippen LogP contribution in [0.5, 0.6) is 0 Å². The van der Waals surface area contributed by atoms with Crippen molar-refractivity contribution in [2.24, 2.45) is 11.3 Å². The van der Waals surface area contributed by atoms with Crippen LogP contribution in [0.4, 0.5) is 4.39 Å². The molecule has 4 nitrogen and oxygen atoms in total. The zero-order valence-corrected chi connectivity index (χ0v) is 20.2. The minimum atomic E-state index is -0.439. The number of amides is 1. The van der Waals surface area contributed by atoms with Crippen LogP contribution in [0.25, 0.3) is 10.9 Å². The average molecular weight is 473 g/mol. The van der Waals surface area contributed by atoms with E-state index in [0.29, 0.717) is 43.5 Å². The van der Waals surface area contributed by atoms with E-state index in [1.807, 2.05) is 24.4 Å². The lowest BCUT2D eigenvalue weighted by Gasteiger charge is -2.46. The molecule has 0 radical (unpaired) electrons. The molecule has 3 aliphatic rings. The van der Waals surface area contributed by atoms with Gasteiger partial charge in [0.15, 0.2) is 0 Å². The topological polar surface area (TPSA) is 42.4 Å². The molecule has 3 aliphatic heterocycles. The number of fused-ring (bicyclic) bond motifs is 3. The Labute approximate surface area is 206 Å². The molecule has 2 atom stereocenters. The predicted octanol–water partition coefficient (Wildman–Crippen LogP) is 5.73. The fourth-order valence-corrected chi connectivity index (χ4v) is 6.94. The maximum Gasteiger partial charge on any atom is 0.229 e. The molecular formula is C30H33FN2O2. The maximum absolute atomic E-state index is 14.2. The van der Waals surface area contributed by atoms with Gasteiger partial charge in [-0.2, -0.15) is 0 Å². The van der Waals surface area contributed by atoms with Gasteiger partial charge in [0.25, 0.3) is 0 Å². The molecule has 2 bridgehead atoms. The minimum absolute atomic E-state index is 0.233. The molecule has 0 saturated carbocycles. The lowest BCUT2D eigenvalue weighted by atomic mass is 9.73. The highest BCUT2D eigenvalue weighted by Crippen LogP contribution is 2.45. The third-order valence-corrected chi connectivity index (χ3v) is 8.67. The summed E-state index contributed by atoms with van der Waals surface area (Å²) < 4.78 is 19.2. The number of carbonyl (C=O) groups is 1. The first-order chi connectivity index (χ1) is 17.1. The number of hydrogen-bond acceptors (Lipinski definition) is 3. The number of rotatable bonds is 5. The quantitative estimate of drug-likeness (QED) is 0.477. The Morgan fingerprint density at radius 1 is 1.00 bits per heavy atom. The summed E-state index contributed by atoms with van der Waals surface area (Å²) in [6.45, 7) is 1.24. The van der Waals surface area contributed by atoms with Crippen LogP contribution in [0.15, 0.2) is 60.8 Å². The van der Waals surface area contributed by atoms with Crippen molar-refractivity contribution < 1.29 is 13.9 Å². The lowest BCUT2D eigenvalue weighted by molar-refractivity contribution is -0.153. The fourth-order valence-electron chi connectivity index (χ4n) is 6.94. The SMILES string of the molecule is O=C(N1C2CCC1CC(Cc1cccc3ncccc13)C2)C1(Cc2ccc(F)cc2)CCOCC1. The second-order valence-electron chi connectivity index (χ2n) is 10.8. The van der Waals surface area contributed by atoms with Crippen LogP contribution in [0.3, 0.4) is 0 Å². The number of aromatic nitrogens is 1. The van der Waals surface area contributed by atoms with E-state index in [1.165, 1.54) is 23.1 Å². The first kappa shape index (κ1) is 22.7. The van der Waals surface area contributed by atoms with Gasteiger partial charge >= 0.3 is 0 Å². The van der Waals surface area contributed by atoms with Gasteiger partial charge in [-0.3, -0.25) is 9.78 Å². The summed E-state index contributed by atoms with van der Waals surface area (Å²) in [4.78, 5) is 21.0. The minimum Gasteiger partial charge on any atom is -0.381 e. The van der Waals surface area contributed by atoms with E-state index in [2.05, 4.69) is 34.1 Å². The summed E-state index contributed by atoms with van der Waals surface area (Å²) in [6.07, 6.45) is 9.40. The molecule has 0 N–H and O–H groups in total. The van der Waals surface area contributed by atoms with E-state index in [4.69, 9.17) is 4.74 Å². The molecule has 5 heteroatoms. The summed E-state index contributed by atoms with van der Waals surface area (Å²) in [5, 5.41) is 1.25. The van der Waals surface area contributed by atoms with Crippen LogP contribution in [-0.4, -0.2) is 41.1 Å². The highest BCUT2D eigenvalue weighted by Gasteiger charge is 2.50. The third-order valence-electron chi connectivity index (χ3n) is 8.67. The average Bonchev–Trinajstić information content (AvgIpc) is 3.15. The number of benzene rings is 2. The molecule has 182 valence electrons. The van der Waals surface area contributed by atoms with Gasteiger partial charge in [-0.15, -0.1) is 0 Å². The van der Waals surface area contributed by atoms with Crippen LogP contribution in [0.2, 0.25) is 0 Å². The van der Waals surface area contributed by atoms with E-state index in [0.717, 1.165) is 56.0 Å². The second-order valence-corrected chi connectivity index (χ2v) is 10.8. The zero-order valence-electron chi connectivity index (χ0n) is 20.2. The molecule has 3 aromatic rings. The van der Waals surface area contributed by atoms with E-state index in [-0.39, 0.29) is 5.82 Å². The van der Waals surface area contributed by atoms with Gasteiger partial charge in [0, 0.05) is 36.9 Å². The molecule has 4 heterocycles. The van der Waals surface area contributed by atoms with Crippen molar-refractivity contribution in [1.82, 2.24) is 9.88 Å².